The zero-order valence-electron chi connectivity index (χ0n) is 10.3. The summed E-state index contributed by atoms with van der Waals surface area (Å²) < 4.78 is 10.2. The zero-order chi connectivity index (χ0) is 12.1. The van der Waals surface area contributed by atoms with Crippen molar-refractivity contribution in [1.82, 2.24) is 0 Å². The monoisotopic (exact) mass is 226 g/mol. The quantitative estimate of drug-likeness (QED) is 0.344. The molecule has 16 heavy (non-hydrogen) atoms. The van der Waals surface area contributed by atoms with Gasteiger partial charge in [-0.3, -0.25) is 4.79 Å². The molecule has 0 radical (unpaired) electrons. The van der Waals surface area contributed by atoms with Crippen LogP contribution in [0, 0.1) is 0 Å². The van der Waals surface area contributed by atoms with E-state index in [0.717, 1.165) is 26.1 Å². The Bertz CT molecular complexity index is 219. The number of allylic oxidation sites excluding steroid dienone is 3. The molecule has 0 aromatic rings. The van der Waals surface area contributed by atoms with Crippen LogP contribution in [0.4, 0.5) is 0 Å². The van der Waals surface area contributed by atoms with Crippen molar-refractivity contribution in [2.45, 2.75) is 33.1 Å². The second-order valence-corrected chi connectivity index (χ2v) is 3.28. The van der Waals surface area contributed by atoms with Crippen LogP contribution in [-0.2, 0) is 14.3 Å². The Morgan fingerprint density at radius 3 is 2.62 bits per heavy atom. The lowest BCUT2D eigenvalue weighted by atomic mass is 10.3. The predicted octanol–water partition coefficient (Wildman–Crippen LogP) is 2.87. The van der Waals surface area contributed by atoms with Crippen LogP contribution < -0.4 is 0 Å². The van der Waals surface area contributed by atoms with Gasteiger partial charge in [0.25, 0.3) is 0 Å². The first-order valence-electron chi connectivity index (χ1n) is 5.82. The number of carbonyl (C=O) groups excluding carboxylic acids is 1. The first-order chi connectivity index (χ1) is 7.81. The molecule has 0 aromatic carbocycles. The molecule has 0 atom stereocenters. The van der Waals surface area contributed by atoms with Gasteiger partial charge < -0.3 is 9.47 Å². The molecule has 0 bridgehead atoms. The van der Waals surface area contributed by atoms with E-state index in [-0.39, 0.29) is 5.97 Å². The van der Waals surface area contributed by atoms with Gasteiger partial charge in [0.05, 0.1) is 13.0 Å². The van der Waals surface area contributed by atoms with Crippen LogP contribution >= 0.6 is 0 Å². The highest BCUT2D eigenvalue weighted by atomic mass is 16.5. The summed E-state index contributed by atoms with van der Waals surface area (Å²) in [6.45, 7) is 5.88. The SMILES string of the molecule is C/C=C\C=C/CC(=O)OCCCCOCC. The normalized spacial score (nSPS) is 11.4. The topological polar surface area (TPSA) is 35.5 Å². The molecule has 0 N–H and O–H groups in total. The van der Waals surface area contributed by atoms with Crippen molar-refractivity contribution < 1.29 is 14.3 Å². The Labute approximate surface area is 98.1 Å². The summed E-state index contributed by atoms with van der Waals surface area (Å²) in [4.78, 5) is 11.2. The zero-order valence-corrected chi connectivity index (χ0v) is 10.3. The summed E-state index contributed by atoms with van der Waals surface area (Å²) in [7, 11) is 0. The molecule has 0 heterocycles. The van der Waals surface area contributed by atoms with Gasteiger partial charge in [-0.05, 0) is 26.7 Å². The van der Waals surface area contributed by atoms with Crippen molar-refractivity contribution >= 4 is 5.97 Å². The lowest BCUT2D eigenvalue weighted by Crippen LogP contribution is -2.05. The molecule has 92 valence electrons. The molecule has 0 aliphatic heterocycles. The second-order valence-electron chi connectivity index (χ2n) is 3.28. The van der Waals surface area contributed by atoms with E-state index in [4.69, 9.17) is 9.47 Å². The Kier molecular flexibility index (Phi) is 11.2. The van der Waals surface area contributed by atoms with Crippen molar-refractivity contribution in [2.75, 3.05) is 19.8 Å². The fourth-order valence-electron chi connectivity index (χ4n) is 1.05. The van der Waals surface area contributed by atoms with Gasteiger partial charge in [-0.25, -0.2) is 0 Å². The summed E-state index contributed by atoms with van der Waals surface area (Å²) in [6, 6.07) is 0. The Balaban J connectivity index is 3.30. The Hall–Kier alpha value is -1.09. The molecule has 0 saturated carbocycles. The largest absolute Gasteiger partial charge is 0.465 e. The van der Waals surface area contributed by atoms with E-state index in [1.54, 1.807) is 6.08 Å². The summed E-state index contributed by atoms with van der Waals surface area (Å²) in [5, 5.41) is 0. The van der Waals surface area contributed by atoms with E-state index in [2.05, 4.69) is 0 Å². The smallest absolute Gasteiger partial charge is 0.309 e. The van der Waals surface area contributed by atoms with Crippen LogP contribution in [0.25, 0.3) is 0 Å². The van der Waals surface area contributed by atoms with Crippen LogP contribution in [0.3, 0.4) is 0 Å². The van der Waals surface area contributed by atoms with E-state index in [9.17, 15) is 4.79 Å². The summed E-state index contributed by atoms with van der Waals surface area (Å²) in [5.41, 5.74) is 0. The Morgan fingerprint density at radius 2 is 1.94 bits per heavy atom. The number of unbranched alkanes of at least 4 members (excludes halogenated alkanes) is 1. The standard InChI is InChI=1S/C13H22O3/c1-3-5-6-7-10-13(14)16-12-9-8-11-15-4-2/h3,5-7H,4,8-12H2,1-2H3/b5-3-,7-6-. The van der Waals surface area contributed by atoms with Crippen LogP contribution in [-0.4, -0.2) is 25.8 Å². The van der Waals surface area contributed by atoms with Crippen molar-refractivity contribution in [3.63, 3.8) is 0 Å². The highest BCUT2D eigenvalue weighted by molar-refractivity contribution is 5.71. The minimum absolute atomic E-state index is 0.169. The van der Waals surface area contributed by atoms with Crippen molar-refractivity contribution in [1.29, 1.82) is 0 Å². The van der Waals surface area contributed by atoms with Gasteiger partial charge in [-0.15, -0.1) is 0 Å². The second kappa shape index (κ2) is 12.0. The third-order valence-electron chi connectivity index (χ3n) is 1.87. The molecule has 0 aliphatic rings. The van der Waals surface area contributed by atoms with E-state index >= 15 is 0 Å². The van der Waals surface area contributed by atoms with Crippen LogP contribution in [0.15, 0.2) is 24.3 Å². The van der Waals surface area contributed by atoms with Gasteiger partial charge in [0.1, 0.15) is 0 Å². The highest BCUT2D eigenvalue weighted by Crippen LogP contribution is 1.95. The van der Waals surface area contributed by atoms with Gasteiger partial charge >= 0.3 is 5.97 Å². The number of rotatable bonds is 9. The van der Waals surface area contributed by atoms with E-state index in [1.165, 1.54) is 0 Å². The van der Waals surface area contributed by atoms with E-state index in [1.807, 2.05) is 32.1 Å². The number of hydrogen-bond acceptors (Lipinski definition) is 3. The maximum Gasteiger partial charge on any atom is 0.309 e. The number of ether oxygens (including phenoxy) is 2. The summed E-state index contributed by atoms with van der Waals surface area (Å²) in [5.74, 6) is -0.169. The highest BCUT2D eigenvalue weighted by Gasteiger charge is 1.98. The third kappa shape index (κ3) is 11.0. The average molecular weight is 226 g/mol. The van der Waals surface area contributed by atoms with Gasteiger partial charge in [-0.2, -0.15) is 0 Å². The minimum atomic E-state index is -0.169. The fourth-order valence-corrected chi connectivity index (χ4v) is 1.05. The first-order valence-corrected chi connectivity index (χ1v) is 5.82. The molecule has 3 nitrogen and oxygen atoms in total. The van der Waals surface area contributed by atoms with Gasteiger partial charge in [0.2, 0.25) is 0 Å². The number of carbonyl (C=O) groups is 1. The lowest BCUT2D eigenvalue weighted by Gasteiger charge is -2.03. The molecular formula is C13H22O3. The van der Waals surface area contributed by atoms with E-state index < -0.39 is 0 Å². The third-order valence-corrected chi connectivity index (χ3v) is 1.87. The molecule has 0 aromatic heterocycles. The lowest BCUT2D eigenvalue weighted by molar-refractivity contribution is -0.142. The van der Waals surface area contributed by atoms with Gasteiger partial charge in [0.15, 0.2) is 0 Å². The summed E-state index contributed by atoms with van der Waals surface area (Å²) >= 11 is 0. The summed E-state index contributed by atoms with van der Waals surface area (Å²) in [6.07, 6.45) is 9.58. The van der Waals surface area contributed by atoms with Gasteiger partial charge in [-0.1, -0.05) is 24.3 Å². The van der Waals surface area contributed by atoms with Crippen molar-refractivity contribution in [3.05, 3.63) is 24.3 Å². The first kappa shape index (κ1) is 14.9. The van der Waals surface area contributed by atoms with Crippen molar-refractivity contribution in [2.24, 2.45) is 0 Å². The van der Waals surface area contributed by atoms with Gasteiger partial charge in [0, 0.05) is 13.2 Å². The van der Waals surface area contributed by atoms with Crippen LogP contribution in [0.5, 0.6) is 0 Å². The molecule has 0 fully saturated rings. The molecule has 0 unspecified atom stereocenters. The number of hydrogen-bond donors (Lipinski definition) is 0. The van der Waals surface area contributed by atoms with E-state index in [0.29, 0.717) is 13.0 Å². The molecule has 3 heteroatoms. The minimum Gasteiger partial charge on any atom is -0.465 e. The van der Waals surface area contributed by atoms with Crippen LogP contribution in [0.2, 0.25) is 0 Å². The molecule has 0 spiro atoms. The molecule has 0 aliphatic carbocycles. The molecule has 0 saturated heterocycles. The van der Waals surface area contributed by atoms with Crippen molar-refractivity contribution in [3.8, 4) is 0 Å². The maximum absolute atomic E-state index is 11.2. The molecule has 0 rings (SSSR count). The molecule has 0 amide bonds. The number of esters is 1. The maximum atomic E-state index is 11.2. The van der Waals surface area contributed by atoms with Crippen LogP contribution in [0.1, 0.15) is 33.1 Å². The average Bonchev–Trinajstić information content (AvgIpc) is 2.29. The molecular weight excluding hydrogens is 204 g/mol. The Morgan fingerprint density at radius 1 is 1.19 bits per heavy atom. The predicted molar refractivity (Wildman–Crippen MR) is 65.3 cm³/mol. The fraction of sp³-hybridized carbons (Fsp3) is 0.615.